The van der Waals surface area contributed by atoms with E-state index in [-0.39, 0.29) is 0 Å². The number of fused-ring (bicyclic) bond motifs is 9. The van der Waals surface area contributed by atoms with Gasteiger partial charge >= 0.3 is 0 Å². The molecule has 0 aliphatic heterocycles. The van der Waals surface area contributed by atoms with Gasteiger partial charge in [-0.15, -0.1) is 0 Å². The molecule has 77 heavy (non-hydrogen) atoms. The second-order valence-corrected chi connectivity index (χ2v) is 17.7. The normalized spacial score (nSPS) is 11.1. The third-order valence-electron chi connectivity index (χ3n) is 13.3. The summed E-state index contributed by atoms with van der Waals surface area (Å²) < 4.78 is 4.75. The zero-order chi connectivity index (χ0) is 53.7. The third kappa shape index (κ3) is 10.4. The number of nitrogens with zero attached hydrogens (tertiary/aromatic N) is 8. The average Bonchev–Trinajstić information content (AvgIpc) is 4.17. The zero-order valence-corrected chi connectivity index (χ0v) is 43.1. The van der Waals surface area contributed by atoms with Crippen LogP contribution >= 0.6 is 0 Å². The van der Waals surface area contributed by atoms with Gasteiger partial charge in [0.05, 0.1) is 33.1 Å². The number of rotatable bonds is 8. The van der Waals surface area contributed by atoms with Crippen molar-refractivity contribution in [2.75, 3.05) is 14.1 Å². The monoisotopic (exact) mass is 1000 g/mol. The maximum Gasteiger partial charge on any atom is 0.0963 e. The molecule has 10 nitrogen and oxygen atoms in total. The first-order chi connectivity index (χ1) is 38.0. The Morgan fingerprint density at radius 2 is 0.805 bits per heavy atom. The Hall–Kier alpha value is -10.3. The number of pyridine rings is 4. The van der Waals surface area contributed by atoms with Crippen LogP contribution in [0.15, 0.2) is 242 Å². The average molecular weight is 1000 g/mol. The quantitative estimate of drug-likeness (QED) is 0.147. The number of hydrogen-bond acceptors (Lipinski definition) is 8. The van der Waals surface area contributed by atoms with E-state index in [0.29, 0.717) is 0 Å². The molecule has 6 heterocycles. The van der Waals surface area contributed by atoms with E-state index in [9.17, 15) is 0 Å². The molecule has 0 spiro atoms. The maximum absolute atomic E-state index is 5.50. The standard InChI is InChI=1S/C57H36N6.2C4H7N.2CH3N/c1-7-36(27-38(9-1)44-11-3-23-58-34-44)40-17-21-52-50(30-40)56-54(13-5-25-60-56)62(52)46-19-15-42-29-43-16-20-47(33-49(43)48(42)32-46)63-53-22-18-41(31-51(53)57-55(63)14-6-26-61-57)37-8-2-10-39(28-37)45-12-4-24-59-35-45;2*1-3-4-5-2;2*1-2/h1-28,30-35H,29H2;2*3-4H,1H2,2H3;2*2H,1H2. The van der Waals surface area contributed by atoms with Crippen molar-refractivity contribution in [2.24, 2.45) is 9.98 Å². The van der Waals surface area contributed by atoms with Crippen molar-refractivity contribution in [1.29, 1.82) is 10.8 Å². The van der Waals surface area contributed by atoms with Gasteiger partial charge in [-0.25, -0.2) is 0 Å². The molecule has 1 aliphatic rings. The van der Waals surface area contributed by atoms with Gasteiger partial charge < -0.3 is 20.0 Å². The first-order valence-electron chi connectivity index (χ1n) is 24.9. The zero-order valence-electron chi connectivity index (χ0n) is 43.1. The van der Waals surface area contributed by atoms with Crippen LogP contribution in [0, 0.1) is 10.8 Å². The van der Waals surface area contributed by atoms with Gasteiger partial charge in [0.1, 0.15) is 0 Å². The minimum atomic E-state index is 0.900. The summed E-state index contributed by atoms with van der Waals surface area (Å²) in [6.07, 6.45) is 18.7. The number of allylic oxidation sites excluding steroid dienone is 2. The van der Waals surface area contributed by atoms with Crippen LogP contribution in [0.3, 0.4) is 0 Å². The molecule has 374 valence electrons. The smallest absolute Gasteiger partial charge is 0.0963 e. The van der Waals surface area contributed by atoms with Crippen LogP contribution in [0.25, 0.3) is 111 Å². The number of benzene rings is 6. The predicted octanol–water partition coefficient (Wildman–Crippen LogP) is 16.0. The van der Waals surface area contributed by atoms with Crippen LogP contribution in [-0.4, -0.2) is 69.0 Å². The number of nitrogens with one attached hydrogen (secondary N) is 2. The van der Waals surface area contributed by atoms with E-state index >= 15 is 0 Å². The highest BCUT2D eigenvalue weighted by Gasteiger charge is 2.23. The van der Waals surface area contributed by atoms with Crippen molar-refractivity contribution >= 4 is 69.7 Å². The number of hydrogen-bond donors (Lipinski definition) is 2. The molecule has 1 aliphatic carbocycles. The Labute approximate surface area is 448 Å². The molecule has 0 atom stereocenters. The van der Waals surface area contributed by atoms with Crippen LogP contribution in [0.2, 0.25) is 0 Å². The van der Waals surface area contributed by atoms with E-state index < -0.39 is 0 Å². The number of aromatic nitrogens is 6. The van der Waals surface area contributed by atoms with Crippen molar-refractivity contribution in [3.8, 4) is 67.0 Å². The fourth-order valence-corrected chi connectivity index (χ4v) is 10.0. The minimum absolute atomic E-state index is 0.900. The highest BCUT2D eigenvalue weighted by atomic mass is 15.0. The van der Waals surface area contributed by atoms with E-state index in [1.165, 1.54) is 22.3 Å². The van der Waals surface area contributed by atoms with Crippen molar-refractivity contribution in [3.63, 3.8) is 0 Å². The molecule has 13 rings (SSSR count). The lowest BCUT2D eigenvalue weighted by Gasteiger charge is -2.13. The van der Waals surface area contributed by atoms with Gasteiger partial charge in [-0.3, -0.25) is 29.9 Å². The molecule has 6 aromatic heterocycles. The molecule has 6 aromatic carbocycles. The lowest BCUT2D eigenvalue weighted by Crippen LogP contribution is -1.96. The van der Waals surface area contributed by atoms with E-state index in [4.69, 9.17) is 20.8 Å². The second kappa shape index (κ2) is 24.1. The van der Waals surface area contributed by atoms with Gasteiger partial charge in [0.25, 0.3) is 0 Å². The van der Waals surface area contributed by atoms with Crippen LogP contribution in [-0.2, 0) is 6.42 Å². The Morgan fingerprint density at radius 1 is 0.416 bits per heavy atom. The summed E-state index contributed by atoms with van der Waals surface area (Å²) in [5.41, 5.74) is 23.0. The summed E-state index contributed by atoms with van der Waals surface area (Å²) in [4.78, 5) is 25.8. The molecule has 12 aromatic rings. The molecule has 2 N–H and O–H groups in total. The first-order valence-corrected chi connectivity index (χ1v) is 24.9. The molecule has 0 saturated carbocycles. The Morgan fingerprint density at radius 3 is 1.18 bits per heavy atom. The molecule has 0 radical (unpaired) electrons. The summed E-state index contributed by atoms with van der Waals surface area (Å²) in [7, 11) is 3.42. The highest BCUT2D eigenvalue weighted by Crippen LogP contribution is 2.43. The van der Waals surface area contributed by atoms with Crippen molar-refractivity contribution in [2.45, 2.75) is 6.42 Å². The fourth-order valence-electron chi connectivity index (χ4n) is 10.0. The van der Waals surface area contributed by atoms with Gasteiger partial charge in [-0.05, 0) is 173 Å². The molecule has 0 bridgehead atoms. The molecular formula is C67H56N10. The molecule has 0 saturated heterocycles. The summed E-state index contributed by atoms with van der Waals surface area (Å²) in [5.74, 6) is 0. The van der Waals surface area contributed by atoms with E-state index in [0.717, 1.165) is 106 Å². The van der Waals surface area contributed by atoms with Crippen molar-refractivity contribution in [3.05, 3.63) is 243 Å². The van der Waals surface area contributed by atoms with E-state index in [1.807, 2.05) is 61.4 Å². The SMILES string of the molecule is C=CC=NC.C=CC=NC.C=N.C=N.c1cncc(-c2cccc(-c3ccc4c(c3)c3ncccc3n4-c3ccc4c(c3)-c3cc(-n5c6ccc(-c7cccc(-c8cccnc8)c7)cc6c6ncccc65)ccc3C4)c2)c1. The van der Waals surface area contributed by atoms with Crippen molar-refractivity contribution in [1.82, 2.24) is 29.1 Å². The van der Waals surface area contributed by atoms with E-state index in [1.54, 1.807) is 38.7 Å². The summed E-state index contributed by atoms with van der Waals surface area (Å²) in [6, 6.07) is 61.5. The van der Waals surface area contributed by atoms with Gasteiger partial charge in [-0.1, -0.05) is 98.1 Å². The van der Waals surface area contributed by atoms with Gasteiger partial charge in [0.15, 0.2) is 0 Å². The molecule has 10 heteroatoms. The van der Waals surface area contributed by atoms with Gasteiger partial charge in [0, 0.05) is 97.0 Å². The van der Waals surface area contributed by atoms with Gasteiger partial charge in [0.2, 0.25) is 0 Å². The maximum atomic E-state index is 5.50. The first kappa shape index (κ1) is 51.6. The molecular weight excluding hydrogens is 945 g/mol. The lowest BCUT2D eigenvalue weighted by atomic mass is 9.99. The summed E-state index contributed by atoms with van der Waals surface area (Å²) >= 11 is 0. The van der Waals surface area contributed by atoms with Crippen LogP contribution in [0.4, 0.5) is 0 Å². The fraction of sp³-hybridized carbons (Fsp3) is 0.0448. The Kier molecular flexibility index (Phi) is 16.2. The Balaban J connectivity index is 0.000000467. The molecule has 0 fully saturated rings. The topological polar surface area (TPSA) is 134 Å². The Bertz CT molecular complexity index is 3850. The van der Waals surface area contributed by atoms with Gasteiger partial charge in [-0.2, -0.15) is 0 Å². The summed E-state index contributed by atoms with van der Waals surface area (Å²) in [5, 5.41) is 13.3. The van der Waals surface area contributed by atoms with Crippen LogP contribution in [0.5, 0.6) is 0 Å². The number of aliphatic imine (C=N–C) groups is 2. The summed E-state index contributed by atoms with van der Waals surface area (Å²) in [6.45, 7) is 11.8. The van der Waals surface area contributed by atoms with Crippen LogP contribution < -0.4 is 0 Å². The third-order valence-corrected chi connectivity index (χ3v) is 13.3. The largest absolute Gasteiger partial charge is 0.317 e. The minimum Gasteiger partial charge on any atom is -0.317 e. The van der Waals surface area contributed by atoms with Crippen molar-refractivity contribution < 1.29 is 0 Å². The van der Waals surface area contributed by atoms with Crippen LogP contribution in [0.1, 0.15) is 11.1 Å². The molecule has 0 unspecified atom stereocenters. The lowest BCUT2D eigenvalue weighted by molar-refractivity contribution is 1.16. The predicted molar refractivity (Wildman–Crippen MR) is 325 cm³/mol. The second-order valence-electron chi connectivity index (χ2n) is 17.7. The highest BCUT2D eigenvalue weighted by molar-refractivity contribution is 6.10. The van der Waals surface area contributed by atoms with E-state index in [2.05, 4.69) is 201 Å². The molecule has 0 amide bonds.